The van der Waals surface area contributed by atoms with Gasteiger partial charge in [0, 0.05) is 24.5 Å². The third kappa shape index (κ3) is 2.98. The number of hydrogen-bond donors (Lipinski definition) is 2. The van der Waals surface area contributed by atoms with Gasteiger partial charge in [-0.1, -0.05) is 0 Å². The number of β-amino-alcohol motifs (C(OH)–C–C–N with tert-alkyl or cyclic N) is 1. The molecule has 3 aromatic heterocycles. The summed E-state index contributed by atoms with van der Waals surface area (Å²) in [5.41, 5.74) is 1.34. The van der Waals surface area contributed by atoms with E-state index in [0.29, 0.717) is 36.3 Å². The summed E-state index contributed by atoms with van der Waals surface area (Å²) in [6.07, 6.45) is 4.46. The summed E-state index contributed by atoms with van der Waals surface area (Å²) in [5, 5.41) is 13.1. The molecule has 30 heavy (non-hydrogen) atoms. The zero-order valence-electron chi connectivity index (χ0n) is 16.1. The Morgan fingerprint density at radius 1 is 1.17 bits per heavy atom. The number of benzene rings is 1. The van der Waals surface area contributed by atoms with Gasteiger partial charge >= 0.3 is 0 Å². The first-order valence-corrected chi connectivity index (χ1v) is 9.67. The number of pyridine rings is 1. The van der Waals surface area contributed by atoms with E-state index < -0.39 is 29.3 Å². The Bertz CT molecular complexity index is 1350. The molecule has 1 saturated heterocycles. The number of aliphatic hydroxyl groups is 1. The number of aliphatic hydroxyl groups excluding tert-OH is 1. The minimum Gasteiger partial charge on any atom is -0.390 e. The number of nitrogens with zero attached hydrogens (tertiary/aromatic N) is 4. The second-order valence-electron chi connectivity index (χ2n) is 7.63. The van der Waals surface area contributed by atoms with Crippen LogP contribution in [0.15, 0.2) is 41.7 Å². The maximum absolute atomic E-state index is 15.0. The molecule has 2 N–H and O–H groups in total. The largest absolute Gasteiger partial charge is 0.390 e. The van der Waals surface area contributed by atoms with Crippen molar-refractivity contribution >= 4 is 16.6 Å². The Labute approximate surface area is 169 Å². The lowest BCUT2D eigenvalue weighted by Gasteiger charge is -2.29. The molecule has 1 aliphatic heterocycles. The standard InChI is InChI=1S/C21H19F2N5O2/c1-11-8-27-9-13(5-15(23)20(27)26-11)12-4-14(22)19-16(6-12)25-10-28(21(19)30)17-2-3-24-7-18(17)29/h4-6,8-10,17-18,24,29H,2-3,7H2,1H3/t17-,18-/m0/s1. The van der Waals surface area contributed by atoms with E-state index in [1.165, 1.54) is 23.0 Å². The smallest absolute Gasteiger partial charge is 0.264 e. The zero-order chi connectivity index (χ0) is 21.0. The van der Waals surface area contributed by atoms with E-state index in [2.05, 4.69) is 15.3 Å². The minimum absolute atomic E-state index is 0.146. The molecule has 5 rings (SSSR count). The lowest BCUT2D eigenvalue weighted by Crippen LogP contribution is -2.44. The topological polar surface area (TPSA) is 84.5 Å². The monoisotopic (exact) mass is 411 g/mol. The van der Waals surface area contributed by atoms with Crippen molar-refractivity contribution in [3.05, 3.63) is 64.6 Å². The molecule has 1 fully saturated rings. The Morgan fingerprint density at radius 3 is 2.77 bits per heavy atom. The SMILES string of the molecule is Cc1cn2cc(-c3cc(F)c4c(=O)n([C@H]5CCNC[C@@H]5O)cnc4c3)cc(F)c2n1. The van der Waals surface area contributed by atoms with Crippen LogP contribution in [0.1, 0.15) is 18.2 Å². The van der Waals surface area contributed by atoms with Gasteiger partial charge in [0.05, 0.1) is 29.7 Å². The third-order valence-corrected chi connectivity index (χ3v) is 5.57. The van der Waals surface area contributed by atoms with Crippen molar-refractivity contribution in [2.24, 2.45) is 0 Å². The van der Waals surface area contributed by atoms with Crippen LogP contribution in [-0.4, -0.2) is 43.2 Å². The number of nitrogens with one attached hydrogen (secondary N) is 1. The summed E-state index contributed by atoms with van der Waals surface area (Å²) in [6, 6.07) is 3.59. The Kier molecular flexibility index (Phi) is 4.37. The van der Waals surface area contributed by atoms with Crippen LogP contribution in [0.2, 0.25) is 0 Å². The van der Waals surface area contributed by atoms with Crippen LogP contribution < -0.4 is 10.9 Å². The lowest BCUT2D eigenvalue weighted by molar-refractivity contribution is 0.0852. The molecule has 0 bridgehead atoms. The van der Waals surface area contributed by atoms with Crippen molar-refractivity contribution in [1.29, 1.82) is 0 Å². The van der Waals surface area contributed by atoms with Crippen LogP contribution in [0.3, 0.4) is 0 Å². The van der Waals surface area contributed by atoms with E-state index in [1.807, 2.05) is 0 Å². The van der Waals surface area contributed by atoms with Crippen molar-refractivity contribution in [2.75, 3.05) is 13.1 Å². The van der Waals surface area contributed by atoms with Gasteiger partial charge in [-0.15, -0.1) is 0 Å². The Hall–Kier alpha value is -3.17. The summed E-state index contributed by atoms with van der Waals surface area (Å²) in [5.74, 6) is -1.26. The Morgan fingerprint density at radius 2 is 1.97 bits per heavy atom. The van der Waals surface area contributed by atoms with Crippen molar-refractivity contribution in [2.45, 2.75) is 25.5 Å². The second kappa shape index (κ2) is 6.96. The first kappa shape index (κ1) is 18.8. The Balaban J connectivity index is 1.64. The molecule has 4 aromatic rings. The average Bonchev–Trinajstić information content (AvgIpc) is 3.09. The number of piperidine rings is 1. The lowest BCUT2D eigenvalue weighted by atomic mass is 10.0. The second-order valence-corrected chi connectivity index (χ2v) is 7.63. The number of halogens is 2. The van der Waals surface area contributed by atoms with Crippen LogP contribution in [0, 0.1) is 18.6 Å². The molecule has 2 atom stereocenters. The molecule has 0 spiro atoms. The first-order chi connectivity index (χ1) is 14.4. The van der Waals surface area contributed by atoms with Crippen molar-refractivity contribution in [1.82, 2.24) is 24.3 Å². The molecule has 0 saturated carbocycles. The molecule has 7 nitrogen and oxygen atoms in total. The molecule has 154 valence electrons. The van der Waals surface area contributed by atoms with Gasteiger partial charge in [0.15, 0.2) is 11.5 Å². The van der Waals surface area contributed by atoms with Crippen molar-refractivity contribution in [3.63, 3.8) is 0 Å². The molecule has 0 aliphatic carbocycles. The molecule has 0 unspecified atom stereocenters. The average molecular weight is 411 g/mol. The van der Waals surface area contributed by atoms with E-state index >= 15 is 4.39 Å². The maximum Gasteiger partial charge on any atom is 0.264 e. The fourth-order valence-electron chi connectivity index (χ4n) is 4.10. The van der Waals surface area contributed by atoms with E-state index in [0.717, 1.165) is 0 Å². The fraction of sp³-hybridized carbons (Fsp3) is 0.286. The van der Waals surface area contributed by atoms with Gasteiger partial charge in [0.2, 0.25) is 0 Å². The van der Waals surface area contributed by atoms with Gasteiger partial charge in [0.25, 0.3) is 5.56 Å². The highest BCUT2D eigenvalue weighted by atomic mass is 19.1. The predicted molar refractivity (Wildman–Crippen MR) is 107 cm³/mol. The molecule has 4 heterocycles. The maximum atomic E-state index is 15.0. The van der Waals surface area contributed by atoms with Gasteiger partial charge in [-0.3, -0.25) is 9.36 Å². The van der Waals surface area contributed by atoms with E-state index in [1.54, 1.807) is 29.8 Å². The summed E-state index contributed by atoms with van der Waals surface area (Å²) in [7, 11) is 0. The zero-order valence-corrected chi connectivity index (χ0v) is 16.1. The van der Waals surface area contributed by atoms with Gasteiger partial charge in [0.1, 0.15) is 11.2 Å². The first-order valence-electron chi connectivity index (χ1n) is 9.67. The van der Waals surface area contributed by atoms with Crippen LogP contribution in [0.25, 0.3) is 27.7 Å². The van der Waals surface area contributed by atoms with Crippen molar-refractivity contribution in [3.8, 4) is 11.1 Å². The molecule has 1 aromatic carbocycles. The summed E-state index contributed by atoms with van der Waals surface area (Å²) >= 11 is 0. The van der Waals surface area contributed by atoms with Crippen LogP contribution >= 0.6 is 0 Å². The molecule has 0 amide bonds. The molecule has 0 radical (unpaired) electrons. The van der Waals surface area contributed by atoms with Crippen LogP contribution in [0.5, 0.6) is 0 Å². The molecular formula is C21H19F2N5O2. The number of imidazole rings is 1. The van der Waals surface area contributed by atoms with Crippen molar-refractivity contribution < 1.29 is 13.9 Å². The van der Waals surface area contributed by atoms with E-state index in [9.17, 15) is 14.3 Å². The quantitative estimate of drug-likeness (QED) is 0.528. The number of hydrogen-bond acceptors (Lipinski definition) is 5. The molecule has 9 heteroatoms. The van der Waals surface area contributed by atoms with Gasteiger partial charge in [-0.25, -0.2) is 18.7 Å². The van der Waals surface area contributed by atoms with Gasteiger partial charge < -0.3 is 14.8 Å². The highest BCUT2D eigenvalue weighted by Gasteiger charge is 2.26. The summed E-state index contributed by atoms with van der Waals surface area (Å²) in [4.78, 5) is 21.3. The predicted octanol–water partition coefficient (Wildman–Crippen LogP) is 2.19. The normalized spacial score (nSPS) is 19.6. The molecular weight excluding hydrogens is 392 g/mol. The van der Waals surface area contributed by atoms with Gasteiger partial charge in [-0.2, -0.15) is 0 Å². The van der Waals surface area contributed by atoms with Crippen LogP contribution in [-0.2, 0) is 0 Å². The number of rotatable bonds is 2. The number of aryl methyl sites for hydroxylation is 1. The number of aromatic nitrogens is 4. The van der Waals surface area contributed by atoms with E-state index in [-0.39, 0.29) is 16.6 Å². The number of fused-ring (bicyclic) bond motifs is 2. The summed E-state index contributed by atoms with van der Waals surface area (Å²) < 4.78 is 32.3. The summed E-state index contributed by atoms with van der Waals surface area (Å²) in [6.45, 7) is 2.77. The van der Waals surface area contributed by atoms with Crippen LogP contribution in [0.4, 0.5) is 8.78 Å². The van der Waals surface area contributed by atoms with E-state index in [4.69, 9.17) is 0 Å². The fourth-order valence-corrected chi connectivity index (χ4v) is 4.10. The van der Waals surface area contributed by atoms with Gasteiger partial charge in [-0.05, 0) is 43.7 Å². The third-order valence-electron chi connectivity index (χ3n) is 5.57. The molecule has 1 aliphatic rings. The minimum atomic E-state index is -0.758. The highest BCUT2D eigenvalue weighted by molar-refractivity contribution is 5.84. The highest BCUT2D eigenvalue weighted by Crippen LogP contribution is 2.27.